The average molecular weight is 357 g/mol. The van der Waals surface area contributed by atoms with Gasteiger partial charge in [-0.05, 0) is 38.5 Å². The highest BCUT2D eigenvalue weighted by Gasteiger charge is 2.24. The minimum atomic E-state index is -0.288. The van der Waals surface area contributed by atoms with E-state index in [0.29, 0.717) is 23.5 Å². The standard InChI is InChI=1S/C18H23N5O3/c1-12-9-14(26-20-12)5-3-4-8-22-17(24)16-15(21(2)18(22)25)10-19-23(16)11-13-6-7-13/h9-10,13H,3-8,11H2,1-2H3. The molecule has 0 saturated heterocycles. The number of aryl methyl sites for hydroxylation is 3. The molecule has 3 aromatic rings. The second-order valence-electron chi connectivity index (χ2n) is 7.19. The Labute approximate surface area is 150 Å². The minimum Gasteiger partial charge on any atom is -0.361 e. The molecule has 0 aromatic carbocycles. The maximum absolute atomic E-state index is 12.9. The van der Waals surface area contributed by atoms with Crippen LogP contribution in [0.1, 0.15) is 37.1 Å². The van der Waals surface area contributed by atoms with Gasteiger partial charge in [-0.2, -0.15) is 5.10 Å². The highest BCUT2D eigenvalue weighted by molar-refractivity contribution is 5.73. The van der Waals surface area contributed by atoms with E-state index in [1.807, 2.05) is 13.0 Å². The number of aromatic nitrogens is 5. The zero-order valence-corrected chi connectivity index (χ0v) is 15.1. The third-order valence-corrected chi connectivity index (χ3v) is 5.01. The van der Waals surface area contributed by atoms with Crippen molar-refractivity contribution in [2.75, 3.05) is 0 Å². The molecule has 8 nitrogen and oxygen atoms in total. The van der Waals surface area contributed by atoms with Gasteiger partial charge < -0.3 is 4.52 Å². The Morgan fingerprint density at radius 1 is 1.27 bits per heavy atom. The molecule has 26 heavy (non-hydrogen) atoms. The Balaban J connectivity index is 1.55. The first-order chi connectivity index (χ1) is 12.5. The average Bonchev–Trinajstić information content (AvgIpc) is 3.18. The third-order valence-electron chi connectivity index (χ3n) is 5.01. The van der Waals surface area contributed by atoms with Crippen LogP contribution >= 0.6 is 0 Å². The molecule has 0 amide bonds. The van der Waals surface area contributed by atoms with E-state index in [4.69, 9.17) is 4.52 Å². The van der Waals surface area contributed by atoms with E-state index >= 15 is 0 Å². The molecule has 0 atom stereocenters. The summed E-state index contributed by atoms with van der Waals surface area (Å²) in [6.07, 6.45) is 6.28. The molecule has 0 unspecified atom stereocenters. The van der Waals surface area contributed by atoms with Gasteiger partial charge in [0.15, 0.2) is 5.52 Å². The first kappa shape index (κ1) is 16.8. The molecule has 1 fully saturated rings. The fourth-order valence-electron chi connectivity index (χ4n) is 3.32. The van der Waals surface area contributed by atoms with E-state index in [1.54, 1.807) is 17.9 Å². The van der Waals surface area contributed by atoms with Gasteiger partial charge in [0.2, 0.25) is 0 Å². The number of fused-ring (bicyclic) bond motifs is 1. The van der Waals surface area contributed by atoms with Crippen LogP contribution in [0, 0.1) is 12.8 Å². The topological polar surface area (TPSA) is 87.9 Å². The molecular formula is C18H23N5O3. The normalized spacial score (nSPS) is 14.4. The molecule has 3 aromatic heterocycles. The predicted octanol–water partition coefficient (Wildman–Crippen LogP) is 1.63. The number of rotatable bonds is 7. The van der Waals surface area contributed by atoms with Gasteiger partial charge >= 0.3 is 5.69 Å². The summed E-state index contributed by atoms with van der Waals surface area (Å²) >= 11 is 0. The molecule has 0 bridgehead atoms. The second-order valence-corrected chi connectivity index (χ2v) is 7.19. The SMILES string of the molecule is Cc1cc(CCCCn2c(=O)c3c(cnn3CC3CC3)n(C)c2=O)on1. The second kappa shape index (κ2) is 6.59. The van der Waals surface area contributed by atoms with Crippen LogP contribution in [-0.2, 0) is 26.6 Å². The Kier molecular flexibility index (Phi) is 4.26. The summed E-state index contributed by atoms with van der Waals surface area (Å²) in [5, 5.41) is 8.21. The summed E-state index contributed by atoms with van der Waals surface area (Å²) in [6.45, 7) is 3.03. The number of unbranched alkanes of at least 4 members (excludes halogenated alkanes) is 1. The molecule has 8 heteroatoms. The molecule has 0 N–H and O–H groups in total. The molecule has 0 radical (unpaired) electrons. The molecule has 138 valence electrons. The van der Waals surface area contributed by atoms with Crippen LogP contribution in [-0.4, -0.2) is 24.1 Å². The van der Waals surface area contributed by atoms with Crippen LogP contribution in [0.4, 0.5) is 0 Å². The van der Waals surface area contributed by atoms with Gasteiger partial charge in [0, 0.05) is 32.6 Å². The zero-order chi connectivity index (χ0) is 18.3. The summed E-state index contributed by atoms with van der Waals surface area (Å²) in [4.78, 5) is 25.5. The molecule has 1 aliphatic carbocycles. The van der Waals surface area contributed by atoms with Crippen molar-refractivity contribution < 1.29 is 4.52 Å². The van der Waals surface area contributed by atoms with Crippen molar-refractivity contribution in [3.8, 4) is 0 Å². The van der Waals surface area contributed by atoms with Crippen LogP contribution in [0.3, 0.4) is 0 Å². The maximum atomic E-state index is 12.9. The number of hydrogen-bond acceptors (Lipinski definition) is 5. The molecule has 1 saturated carbocycles. The van der Waals surface area contributed by atoms with Gasteiger partial charge in [-0.1, -0.05) is 5.16 Å². The van der Waals surface area contributed by atoms with E-state index in [-0.39, 0.29) is 11.2 Å². The van der Waals surface area contributed by atoms with Crippen LogP contribution in [0.2, 0.25) is 0 Å². The lowest BCUT2D eigenvalue weighted by molar-refractivity contribution is 0.374. The van der Waals surface area contributed by atoms with E-state index in [9.17, 15) is 9.59 Å². The third kappa shape index (κ3) is 3.11. The summed E-state index contributed by atoms with van der Waals surface area (Å²) in [7, 11) is 1.70. The van der Waals surface area contributed by atoms with Crippen molar-refractivity contribution >= 4 is 11.0 Å². The largest absolute Gasteiger partial charge is 0.361 e. The predicted molar refractivity (Wildman–Crippen MR) is 96.1 cm³/mol. The molecule has 4 rings (SSSR count). The van der Waals surface area contributed by atoms with Gasteiger partial charge in [0.05, 0.1) is 17.4 Å². The van der Waals surface area contributed by atoms with Gasteiger partial charge in [-0.15, -0.1) is 0 Å². The number of nitrogens with zero attached hydrogens (tertiary/aromatic N) is 5. The minimum absolute atomic E-state index is 0.239. The smallest absolute Gasteiger partial charge is 0.331 e. The van der Waals surface area contributed by atoms with Gasteiger partial charge in [0.25, 0.3) is 5.56 Å². The molecular weight excluding hydrogens is 334 g/mol. The molecule has 0 spiro atoms. The van der Waals surface area contributed by atoms with Crippen LogP contribution in [0.15, 0.2) is 26.4 Å². The van der Waals surface area contributed by atoms with Gasteiger partial charge in [0.1, 0.15) is 5.76 Å². The summed E-state index contributed by atoms with van der Waals surface area (Å²) in [6, 6.07) is 1.91. The van der Waals surface area contributed by atoms with E-state index in [1.165, 1.54) is 22.0 Å². The monoisotopic (exact) mass is 357 g/mol. The molecule has 1 aliphatic rings. The first-order valence-electron chi connectivity index (χ1n) is 9.12. The quantitative estimate of drug-likeness (QED) is 0.600. The summed E-state index contributed by atoms with van der Waals surface area (Å²) in [5.74, 6) is 1.44. The summed E-state index contributed by atoms with van der Waals surface area (Å²) in [5.41, 5.74) is 1.47. The van der Waals surface area contributed by atoms with E-state index in [2.05, 4.69) is 10.3 Å². The van der Waals surface area contributed by atoms with Crippen molar-refractivity contribution in [1.82, 2.24) is 24.1 Å². The van der Waals surface area contributed by atoms with Crippen LogP contribution in [0.25, 0.3) is 11.0 Å². The van der Waals surface area contributed by atoms with Gasteiger partial charge in [-0.25, -0.2) is 4.79 Å². The highest BCUT2D eigenvalue weighted by Crippen LogP contribution is 2.30. The fourth-order valence-corrected chi connectivity index (χ4v) is 3.32. The Bertz CT molecular complexity index is 1050. The van der Waals surface area contributed by atoms with E-state index < -0.39 is 0 Å². The first-order valence-corrected chi connectivity index (χ1v) is 9.12. The van der Waals surface area contributed by atoms with Crippen molar-refractivity contribution in [3.05, 3.63) is 44.6 Å². The molecule has 0 aliphatic heterocycles. The van der Waals surface area contributed by atoms with Crippen LogP contribution < -0.4 is 11.2 Å². The maximum Gasteiger partial charge on any atom is 0.331 e. The highest BCUT2D eigenvalue weighted by atomic mass is 16.5. The number of hydrogen-bond donors (Lipinski definition) is 0. The Morgan fingerprint density at radius 2 is 2.08 bits per heavy atom. The van der Waals surface area contributed by atoms with Crippen molar-refractivity contribution in [3.63, 3.8) is 0 Å². The Morgan fingerprint density at radius 3 is 2.77 bits per heavy atom. The van der Waals surface area contributed by atoms with Crippen molar-refractivity contribution in [2.45, 2.75) is 52.1 Å². The van der Waals surface area contributed by atoms with Crippen molar-refractivity contribution in [2.24, 2.45) is 13.0 Å². The van der Waals surface area contributed by atoms with Crippen molar-refractivity contribution in [1.29, 1.82) is 0 Å². The fraction of sp³-hybridized carbons (Fsp3) is 0.556. The molecule has 3 heterocycles. The lowest BCUT2D eigenvalue weighted by Crippen LogP contribution is -2.39. The Hall–Kier alpha value is -2.64. The van der Waals surface area contributed by atoms with E-state index in [0.717, 1.165) is 37.3 Å². The van der Waals surface area contributed by atoms with Crippen LogP contribution in [0.5, 0.6) is 0 Å². The lowest BCUT2D eigenvalue weighted by Gasteiger charge is -2.09. The zero-order valence-electron chi connectivity index (χ0n) is 15.1. The van der Waals surface area contributed by atoms with Gasteiger partial charge in [-0.3, -0.25) is 18.6 Å². The lowest BCUT2D eigenvalue weighted by atomic mass is 10.2. The summed E-state index contributed by atoms with van der Waals surface area (Å²) < 4.78 is 9.81.